The van der Waals surface area contributed by atoms with Gasteiger partial charge in [0.1, 0.15) is 5.75 Å². The van der Waals surface area contributed by atoms with Crippen LogP contribution in [-0.2, 0) is 16.9 Å². The molecule has 0 bridgehead atoms. The number of benzene rings is 2. The van der Waals surface area contributed by atoms with Crippen LogP contribution in [-0.4, -0.2) is 31.7 Å². The highest BCUT2D eigenvalue weighted by Crippen LogP contribution is 2.35. The van der Waals surface area contributed by atoms with Crippen LogP contribution in [0.5, 0.6) is 11.6 Å². The summed E-state index contributed by atoms with van der Waals surface area (Å²) in [5.41, 5.74) is 1.09. The zero-order valence-corrected chi connectivity index (χ0v) is 16.2. The molecule has 1 atom stereocenters. The number of rotatable bonds is 4. The summed E-state index contributed by atoms with van der Waals surface area (Å²) >= 11 is 0. The molecule has 0 spiro atoms. The van der Waals surface area contributed by atoms with Gasteiger partial charge < -0.3 is 20.1 Å². The summed E-state index contributed by atoms with van der Waals surface area (Å²) in [7, 11) is 0. The Bertz CT molecular complexity index is 1310. The Hall–Kier alpha value is -4.33. The highest BCUT2D eigenvalue weighted by Gasteiger charge is 2.48. The van der Waals surface area contributed by atoms with Crippen molar-refractivity contribution in [3.8, 4) is 22.8 Å². The Labute approximate surface area is 176 Å². The van der Waals surface area contributed by atoms with Crippen LogP contribution >= 0.6 is 0 Å². The van der Waals surface area contributed by atoms with Gasteiger partial charge in [0.15, 0.2) is 11.4 Å². The fourth-order valence-corrected chi connectivity index (χ4v) is 4.01. The quantitative estimate of drug-likeness (QED) is 0.383. The van der Waals surface area contributed by atoms with Crippen LogP contribution in [0.25, 0.3) is 21.9 Å². The molecule has 1 fully saturated rings. The van der Waals surface area contributed by atoms with E-state index in [0.717, 1.165) is 11.1 Å². The molecule has 4 aromatic rings. The number of fused-ring (bicyclic) bond motifs is 1. The summed E-state index contributed by atoms with van der Waals surface area (Å²) < 4.78 is 1.49. The first-order valence-corrected chi connectivity index (χ1v) is 9.62. The number of nitrogens with one attached hydrogen (secondary N) is 2. The van der Waals surface area contributed by atoms with Crippen molar-refractivity contribution in [1.82, 2.24) is 20.2 Å². The minimum Gasteiger partial charge on any atom is -0.508 e. The molecule has 0 saturated carbocycles. The molecule has 3 heterocycles. The van der Waals surface area contributed by atoms with Crippen LogP contribution in [0.15, 0.2) is 73.2 Å². The molecular formula is C23H18N4O4. The van der Waals surface area contributed by atoms with Gasteiger partial charge in [0.05, 0.1) is 6.54 Å². The van der Waals surface area contributed by atoms with E-state index in [9.17, 15) is 19.8 Å². The molecule has 2 aromatic heterocycles. The number of aromatic nitrogens is 2. The van der Waals surface area contributed by atoms with Crippen LogP contribution in [0, 0.1) is 0 Å². The smallest absolute Gasteiger partial charge is 0.322 e. The van der Waals surface area contributed by atoms with E-state index in [-0.39, 0.29) is 18.2 Å². The molecule has 8 nitrogen and oxygen atoms in total. The monoisotopic (exact) mass is 414 g/mol. The number of aromatic hydroxyl groups is 2. The molecule has 1 saturated heterocycles. The topological polar surface area (TPSA) is 116 Å². The van der Waals surface area contributed by atoms with Crippen LogP contribution < -0.4 is 10.6 Å². The summed E-state index contributed by atoms with van der Waals surface area (Å²) in [4.78, 5) is 29.0. The predicted octanol–water partition coefficient (Wildman–Crippen LogP) is 2.85. The summed E-state index contributed by atoms with van der Waals surface area (Å²) in [6.07, 6.45) is 5.04. The van der Waals surface area contributed by atoms with Gasteiger partial charge >= 0.3 is 6.03 Å². The fraction of sp³-hybridized carbons (Fsp3) is 0.0870. The number of hydrogen-bond acceptors (Lipinski definition) is 5. The first-order chi connectivity index (χ1) is 15.0. The van der Waals surface area contributed by atoms with E-state index in [1.54, 1.807) is 36.8 Å². The number of phenols is 1. The summed E-state index contributed by atoms with van der Waals surface area (Å²) in [5, 5.41) is 26.6. The van der Waals surface area contributed by atoms with Gasteiger partial charge in [-0.25, -0.2) is 4.79 Å². The van der Waals surface area contributed by atoms with Gasteiger partial charge in [-0.1, -0.05) is 24.3 Å². The molecule has 31 heavy (non-hydrogen) atoms. The highest BCUT2D eigenvalue weighted by atomic mass is 16.3. The van der Waals surface area contributed by atoms with E-state index < -0.39 is 17.5 Å². The van der Waals surface area contributed by atoms with Crippen LogP contribution in [0.1, 0.15) is 5.56 Å². The number of nitrogens with zero attached hydrogens (tertiary/aromatic N) is 2. The number of imide groups is 1. The first-order valence-electron chi connectivity index (χ1n) is 9.62. The number of amides is 3. The number of urea groups is 1. The predicted molar refractivity (Wildman–Crippen MR) is 113 cm³/mol. The van der Waals surface area contributed by atoms with E-state index in [1.165, 1.54) is 16.7 Å². The first kappa shape index (κ1) is 18.7. The molecule has 5 rings (SSSR count). The van der Waals surface area contributed by atoms with Crippen molar-refractivity contribution in [3.63, 3.8) is 0 Å². The minimum atomic E-state index is -1.40. The Kier molecular flexibility index (Phi) is 4.14. The lowest BCUT2D eigenvalue weighted by atomic mass is 9.88. The lowest BCUT2D eigenvalue weighted by Gasteiger charge is -2.27. The third-order valence-corrected chi connectivity index (χ3v) is 5.58. The summed E-state index contributed by atoms with van der Waals surface area (Å²) in [6.45, 7) is -0.0273. The summed E-state index contributed by atoms with van der Waals surface area (Å²) in [5.74, 6) is -0.496. The molecule has 2 aromatic carbocycles. The molecule has 4 N–H and O–H groups in total. The number of carbonyl (C=O) groups excluding carboxylic acids is 2. The molecule has 8 heteroatoms. The lowest BCUT2D eigenvalue weighted by molar-refractivity contribution is -0.124. The van der Waals surface area contributed by atoms with E-state index in [1.807, 2.05) is 24.3 Å². The van der Waals surface area contributed by atoms with Crippen molar-refractivity contribution in [2.24, 2.45) is 0 Å². The Morgan fingerprint density at radius 3 is 2.32 bits per heavy atom. The largest absolute Gasteiger partial charge is 0.508 e. The Balaban J connectivity index is 1.57. The SMILES string of the molecule is O=C1NC(=O)[C@](Cn2cc3cc(O)ccc3c2O)(c2ccc(-c3ccncc3)cc2)N1. The molecule has 3 amide bonds. The van der Waals surface area contributed by atoms with Gasteiger partial charge in [-0.15, -0.1) is 0 Å². The average Bonchev–Trinajstić information content (AvgIpc) is 3.24. The number of phenolic OH excluding ortho intramolecular Hbond substituents is 1. The molecule has 0 aliphatic carbocycles. The van der Waals surface area contributed by atoms with Crippen molar-refractivity contribution in [3.05, 3.63) is 78.8 Å². The molecule has 154 valence electrons. The normalized spacial score (nSPS) is 18.2. The third-order valence-electron chi connectivity index (χ3n) is 5.58. The van der Waals surface area contributed by atoms with Gasteiger partial charge in [0, 0.05) is 29.4 Å². The Morgan fingerprint density at radius 1 is 0.935 bits per heavy atom. The van der Waals surface area contributed by atoms with E-state index in [0.29, 0.717) is 16.3 Å². The van der Waals surface area contributed by atoms with E-state index in [4.69, 9.17) is 0 Å². The second-order valence-electron chi connectivity index (χ2n) is 7.48. The maximum absolute atomic E-state index is 12.9. The van der Waals surface area contributed by atoms with E-state index in [2.05, 4.69) is 15.6 Å². The average molecular weight is 414 g/mol. The fourth-order valence-electron chi connectivity index (χ4n) is 4.01. The highest BCUT2D eigenvalue weighted by molar-refractivity contribution is 6.07. The standard InChI is InChI=1S/C23H18N4O4/c28-18-5-6-19-16(11-18)12-27(20(19)29)13-23(21(30)25-22(31)26-23)17-3-1-14(2-4-17)15-7-9-24-10-8-15/h1-12,28-29H,13H2,(H2,25,26,30,31)/t23-/m0/s1. The van der Waals surface area contributed by atoms with Gasteiger partial charge in [-0.3, -0.25) is 15.1 Å². The maximum atomic E-state index is 12.9. The minimum absolute atomic E-state index is 0.0273. The summed E-state index contributed by atoms with van der Waals surface area (Å²) in [6, 6.07) is 15.1. The van der Waals surface area contributed by atoms with Gasteiger partial charge in [0.2, 0.25) is 0 Å². The number of pyridine rings is 1. The van der Waals surface area contributed by atoms with Crippen molar-refractivity contribution in [2.45, 2.75) is 12.1 Å². The molecule has 1 aliphatic rings. The molecule has 0 unspecified atom stereocenters. The zero-order chi connectivity index (χ0) is 21.6. The lowest BCUT2D eigenvalue weighted by Crippen LogP contribution is -2.47. The molecule has 1 aliphatic heterocycles. The van der Waals surface area contributed by atoms with E-state index >= 15 is 0 Å². The van der Waals surface area contributed by atoms with Crippen LogP contribution in [0.4, 0.5) is 4.79 Å². The van der Waals surface area contributed by atoms with Gasteiger partial charge in [-0.2, -0.15) is 0 Å². The van der Waals surface area contributed by atoms with Gasteiger partial charge in [-0.05, 0) is 47.0 Å². The van der Waals surface area contributed by atoms with Crippen LogP contribution in [0.3, 0.4) is 0 Å². The number of carbonyl (C=O) groups is 2. The van der Waals surface area contributed by atoms with Crippen molar-refractivity contribution < 1.29 is 19.8 Å². The van der Waals surface area contributed by atoms with Crippen molar-refractivity contribution in [2.75, 3.05) is 0 Å². The second-order valence-corrected chi connectivity index (χ2v) is 7.48. The zero-order valence-electron chi connectivity index (χ0n) is 16.2. The third kappa shape index (κ3) is 3.05. The second kappa shape index (κ2) is 6.88. The van der Waals surface area contributed by atoms with Gasteiger partial charge in [0.25, 0.3) is 5.91 Å². The molecular weight excluding hydrogens is 396 g/mol. The maximum Gasteiger partial charge on any atom is 0.322 e. The van der Waals surface area contributed by atoms with Crippen molar-refractivity contribution >= 4 is 22.7 Å². The van der Waals surface area contributed by atoms with Crippen molar-refractivity contribution in [1.29, 1.82) is 0 Å². The number of hydrogen-bond donors (Lipinski definition) is 4. The van der Waals surface area contributed by atoms with Crippen LogP contribution in [0.2, 0.25) is 0 Å². The Morgan fingerprint density at radius 2 is 1.65 bits per heavy atom. The molecule has 0 radical (unpaired) electrons.